The van der Waals surface area contributed by atoms with Crippen molar-refractivity contribution < 1.29 is 14.7 Å². The molecular formula is C14H21N3O3S. The molecule has 1 N–H and O–H groups in total. The van der Waals surface area contributed by atoms with E-state index in [-0.39, 0.29) is 18.7 Å². The number of hydrogen-bond donors (Lipinski definition) is 1. The van der Waals surface area contributed by atoms with Crippen molar-refractivity contribution in [2.75, 3.05) is 31.1 Å². The molecular weight excluding hydrogens is 290 g/mol. The molecule has 1 aliphatic rings. The van der Waals surface area contributed by atoms with Crippen molar-refractivity contribution in [1.82, 2.24) is 9.88 Å². The number of carboxylic acids is 1. The van der Waals surface area contributed by atoms with Crippen LogP contribution in [0.5, 0.6) is 0 Å². The molecule has 1 aliphatic heterocycles. The number of hydrogen-bond acceptors (Lipinski definition) is 5. The molecule has 2 heterocycles. The molecule has 0 bridgehead atoms. The topological polar surface area (TPSA) is 73.7 Å². The first-order chi connectivity index (χ1) is 9.87. The predicted octanol–water partition coefficient (Wildman–Crippen LogP) is 1.68. The van der Waals surface area contributed by atoms with Crippen LogP contribution in [0, 0.1) is 5.41 Å². The van der Waals surface area contributed by atoms with Gasteiger partial charge in [0.1, 0.15) is 0 Å². The van der Waals surface area contributed by atoms with E-state index in [1.807, 2.05) is 24.1 Å². The molecule has 1 fully saturated rings. The second-order valence-corrected chi connectivity index (χ2v) is 6.97. The number of aliphatic carboxylic acids is 1. The van der Waals surface area contributed by atoms with Crippen LogP contribution in [0.25, 0.3) is 0 Å². The number of carboxylic acid groups (broad SMARTS) is 1. The highest BCUT2D eigenvalue weighted by atomic mass is 32.1. The van der Waals surface area contributed by atoms with Crippen molar-refractivity contribution >= 4 is 28.3 Å². The molecule has 0 spiro atoms. The molecule has 0 atom stereocenters. The quantitative estimate of drug-likeness (QED) is 0.895. The molecule has 1 amide bonds. The Morgan fingerprint density at radius 2 is 1.95 bits per heavy atom. The van der Waals surface area contributed by atoms with Crippen molar-refractivity contribution in [1.29, 1.82) is 0 Å². The standard InChI is InChI=1S/C14H21N3O3S/c1-14(2,10-12(19)20)9-11(18)16-4-6-17(7-5-16)13-15-3-8-21-13/h3,8H,4-7,9-10H2,1-2H3,(H,19,20). The van der Waals surface area contributed by atoms with E-state index in [1.54, 1.807) is 17.5 Å². The third-order valence-electron chi connectivity index (χ3n) is 3.58. The third-order valence-corrected chi connectivity index (χ3v) is 4.41. The van der Waals surface area contributed by atoms with Crippen LogP contribution >= 0.6 is 11.3 Å². The Balaban J connectivity index is 1.84. The minimum atomic E-state index is -0.860. The fraction of sp³-hybridized carbons (Fsp3) is 0.643. The van der Waals surface area contributed by atoms with E-state index in [4.69, 9.17) is 5.11 Å². The lowest BCUT2D eigenvalue weighted by Crippen LogP contribution is -2.49. The largest absolute Gasteiger partial charge is 0.481 e. The lowest BCUT2D eigenvalue weighted by atomic mass is 9.85. The van der Waals surface area contributed by atoms with Gasteiger partial charge in [-0.1, -0.05) is 13.8 Å². The maximum atomic E-state index is 12.3. The van der Waals surface area contributed by atoms with Gasteiger partial charge in [0.25, 0.3) is 0 Å². The van der Waals surface area contributed by atoms with Crippen LogP contribution < -0.4 is 4.90 Å². The summed E-state index contributed by atoms with van der Waals surface area (Å²) in [7, 11) is 0. The zero-order chi connectivity index (χ0) is 15.5. The Morgan fingerprint density at radius 3 is 2.48 bits per heavy atom. The molecule has 0 aromatic carbocycles. The highest BCUT2D eigenvalue weighted by Crippen LogP contribution is 2.26. The van der Waals surface area contributed by atoms with Crippen molar-refractivity contribution in [2.24, 2.45) is 5.41 Å². The zero-order valence-electron chi connectivity index (χ0n) is 12.4. The minimum absolute atomic E-state index is 0.0117. The first kappa shape index (κ1) is 15.8. The highest BCUT2D eigenvalue weighted by Gasteiger charge is 2.29. The third kappa shape index (κ3) is 4.42. The van der Waals surface area contributed by atoms with Gasteiger partial charge >= 0.3 is 5.97 Å². The maximum Gasteiger partial charge on any atom is 0.303 e. The fourth-order valence-corrected chi connectivity index (χ4v) is 3.21. The van der Waals surface area contributed by atoms with Crippen molar-refractivity contribution in [2.45, 2.75) is 26.7 Å². The van der Waals surface area contributed by atoms with E-state index in [2.05, 4.69) is 9.88 Å². The van der Waals surface area contributed by atoms with Crippen molar-refractivity contribution in [3.8, 4) is 0 Å². The Bertz CT molecular complexity index is 494. The van der Waals surface area contributed by atoms with Gasteiger partial charge < -0.3 is 14.9 Å². The van der Waals surface area contributed by atoms with Crippen molar-refractivity contribution in [3.05, 3.63) is 11.6 Å². The summed E-state index contributed by atoms with van der Waals surface area (Å²) in [6, 6.07) is 0. The van der Waals surface area contributed by atoms with Gasteiger partial charge in [-0.2, -0.15) is 0 Å². The lowest BCUT2D eigenvalue weighted by Gasteiger charge is -2.36. The van der Waals surface area contributed by atoms with Gasteiger partial charge in [-0.25, -0.2) is 4.98 Å². The molecule has 0 saturated carbocycles. The van der Waals surface area contributed by atoms with Crippen LogP contribution in [0.2, 0.25) is 0 Å². The first-order valence-electron chi connectivity index (χ1n) is 7.01. The van der Waals surface area contributed by atoms with Gasteiger partial charge in [-0.05, 0) is 5.41 Å². The van der Waals surface area contributed by atoms with Gasteiger partial charge in [0, 0.05) is 44.2 Å². The molecule has 1 saturated heterocycles. The second-order valence-electron chi connectivity index (χ2n) is 6.09. The van der Waals surface area contributed by atoms with Crippen LogP contribution in [-0.4, -0.2) is 53.0 Å². The number of thiazole rings is 1. The summed E-state index contributed by atoms with van der Waals surface area (Å²) < 4.78 is 0. The van der Waals surface area contributed by atoms with Crippen LogP contribution in [-0.2, 0) is 9.59 Å². The summed E-state index contributed by atoms with van der Waals surface area (Å²) in [6.07, 6.45) is 2.07. The van der Waals surface area contributed by atoms with Gasteiger partial charge in [0.15, 0.2) is 5.13 Å². The van der Waals surface area contributed by atoms with E-state index in [9.17, 15) is 9.59 Å². The number of rotatable bonds is 5. The fourth-order valence-electron chi connectivity index (χ4n) is 2.51. The summed E-state index contributed by atoms with van der Waals surface area (Å²) in [5.41, 5.74) is -0.505. The number of aromatic nitrogens is 1. The van der Waals surface area contributed by atoms with Crippen LogP contribution in [0.4, 0.5) is 5.13 Å². The van der Waals surface area contributed by atoms with E-state index in [1.165, 1.54) is 0 Å². The summed E-state index contributed by atoms with van der Waals surface area (Å²) in [5, 5.41) is 11.8. The summed E-state index contributed by atoms with van der Waals surface area (Å²) >= 11 is 1.60. The molecule has 0 aliphatic carbocycles. The van der Waals surface area contributed by atoms with E-state index in [0.717, 1.165) is 18.2 Å². The van der Waals surface area contributed by atoms with Gasteiger partial charge in [-0.3, -0.25) is 9.59 Å². The number of anilines is 1. The average molecular weight is 311 g/mol. The van der Waals surface area contributed by atoms with Crippen LogP contribution in [0.3, 0.4) is 0 Å². The Morgan fingerprint density at radius 1 is 1.29 bits per heavy atom. The summed E-state index contributed by atoms with van der Waals surface area (Å²) in [5.74, 6) is -0.818. The molecule has 1 aromatic heterocycles. The molecule has 0 radical (unpaired) electrons. The molecule has 0 unspecified atom stereocenters. The first-order valence-corrected chi connectivity index (χ1v) is 7.89. The smallest absolute Gasteiger partial charge is 0.303 e. The van der Waals surface area contributed by atoms with E-state index < -0.39 is 11.4 Å². The normalized spacial score (nSPS) is 16.1. The Hall–Kier alpha value is -1.63. The molecule has 2 rings (SSSR count). The molecule has 116 valence electrons. The maximum absolute atomic E-state index is 12.3. The van der Waals surface area contributed by atoms with Gasteiger partial charge in [-0.15, -0.1) is 11.3 Å². The average Bonchev–Trinajstić information content (AvgIpc) is 2.90. The minimum Gasteiger partial charge on any atom is -0.481 e. The van der Waals surface area contributed by atoms with E-state index in [0.29, 0.717) is 13.1 Å². The van der Waals surface area contributed by atoms with Gasteiger partial charge in [0.2, 0.25) is 5.91 Å². The lowest BCUT2D eigenvalue weighted by molar-refractivity contribution is -0.140. The van der Waals surface area contributed by atoms with Crippen LogP contribution in [0.1, 0.15) is 26.7 Å². The second kappa shape index (κ2) is 6.43. The summed E-state index contributed by atoms with van der Waals surface area (Å²) in [6.45, 7) is 6.54. The summed E-state index contributed by atoms with van der Waals surface area (Å²) in [4.78, 5) is 31.4. The Labute approximate surface area is 128 Å². The SMILES string of the molecule is CC(C)(CC(=O)O)CC(=O)N1CCN(c2nccs2)CC1. The van der Waals surface area contributed by atoms with E-state index >= 15 is 0 Å². The number of nitrogens with zero attached hydrogens (tertiary/aromatic N) is 3. The van der Waals surface area contributed by atoms with Crippen molar-refractivity contribution in [3.63, 3.8) is 0 Å². The highest BCUT2D eigenvalue weighted by molar-refractivity contribution is 7.13. The van der Waals surface area contributed by atoms with Crippen LogP contribution in [0.15, 0.2) is 11.6 Å². The number of carbonyl (C=O) groups excluding carboxylic acids is 1. The Kier molecular flexibility index (Phi) is 4.82. The molecule has 6 nitrogen and oxygen atoms in total. The molecule has 21 heavy (non-hydrogen) atoms. The van der Waals surface area contributed by atoms with Gasteiger partial charge in [0.05, 0.1) is 6.42 Å². The molecule has 7 heteroatoms. The zero-order valence-corrected chi connectivity index (χ0v) is 13.2. The number of piperazine rings is 1. The number of amides is 1. The number of carbonyl (C=O) groups is 2. The monoisotopic (exact) mass is 311 g/mol. The molecule has 1 aromatic rings. The predicted molar refractivity (Wildman–Crippen MR) is 81.6 cm³/mol.